The van der Waals surface area contributed by atoms with Crippen molar-refractivity contribution in [2.24, 2.45) is 0 Å². The van der Waals surface area contributed by atoms with E-state index in [9.17, 15) is 0 Å². The van der Waals surface area contributed by atoms with E-state index in [0.29, 0.717) is 4.77 Å². The van der Waals surface area contributed by atoms with Gasteiger partial charge in [-0.25, -0.2) is 4.98 Å². The lowest BCUT2D eigenvalue weighted by Crippen LogP contribution is -2.31. The Bertz CT molecular complexity index is 474. The predicted octanol–water partition coefficient (Wildman–Crippen LogP) is 2.17. The Kier molecular flexibility index (Phi) is 3.61. The van der Waals surface area contributed by atoms with Gasteiger partial charge in [-0.3, -0.25) is 0 Å². The van der Waals surface area contributed by atoms with Crippen LogP contribution in [-0.4, -0.2) is 29.6 Å². The molecule has 0 unspecified atom stereocenters. The van der Waals surface area contributed by atoms with E-state index in [0.717, 1.165) is 38.4 Å². The molecule has 0 bridgehead atoms. The summed E-state index contributed by atoms with van der Waals surface area (Å²) in [6.45, 7) is 4.19. The highest BCUT2D eigenvalue weighted by atomic mass is 32.1. The zero-order valence-electron chi connectivity index (χ0n) is 10.7. The van der Waals surface area contributed by atoms with Crippen LogP contribution in [0.15, 0.2) is 0 Å². The summed E-state index contributed by atoms with van der Waals surface area (Å²) in [5.74, 6) is 1.13. The summed E-state index contributed by atoms with van der Waals surface area (Å²) < 4.78 is 0.634. The largest absolute Gasteiger partial charge is 0.356 e. The van der Waals surface area contributed by atoms with E-state index in [1.165, 1.54) is 36.9 Å². The molecule has 0 spiro atoms. The number of rotatable bonds is 1. The van der Waals surface area contributed by atoms with Crippen molar-refractivity contribution in [3.63, 3.8) is 0 Å². The van der Waals surface area contributed by atoms with Crippen LogP contribution in [0.4, 0.5) is 5.82 Å². The lowest BCUT2D eigenvalue weighted by atomic mass is 10.1. The first-order chi connectivity index (χ1) is 8.84. The SMILES string of the molecule is S=c1nc(N2CCCCCC2)c2c([nH]1)CCNC2. The maximum absolute atomic E-state index is 5.27. The van der Waals surface area contributed by atoms with Gasteiger partial charge in [-0.15, -0.1) is 0 Å². The van der Waals surface area contributed by atoms with Crippen molar-refractivity contribution >= 4 is 18.0 Å². The highest BCUT2D eigenvalue weighted by molar-refractivity contribution is 7.71. The van der Waals surface area contributed by atoms with Crippen LogP contribution in [0.2, 0.25) is 0 Å². The first-order valence-corrected chi connectivity index (χ1v) is 7.33. The molecule has 0 atom stereocenters. The Morgan fingerprint density at radius 2 is 1.89 bits per heavy atom. The average molecular weight is 264 g/mol. The Morgan fingerprint density at radius 1 is 1.11 bits per heavy atom. The molecule has 3 rings (SSSR count). The van der Waals surface area contributed by atoms with Gasteiger partial charge in [0.15, 0.2) is 4.77 Å². The van der Waals surface area contributed by atoms with Crippen LogP contribution in [-0.2, 0) is 13.0 Å². The van der Waals surface area contributed by atoms with Gasteiger partial charge in [0, 0.05) is 43.9 Å². The summed E-state index contributed by atoms with van der Waals surface area (Å²) >= 11 is 5.27. The summed E-state index contributed by atoms with van der Waals surface area (Å²) in [6.07, 6.45) is 6.26. The molecule has 3 heterocycles. The van der Waals surface area contributed by atoms with E-state index < -0.39 is 0 Å². The third-order valence-electron chi connectivity index (χ3n) is 3.86. The van der Waals surface area contributed by atoms with Crippen molar-refractivity contribution in [1.29, 1.82) is 0 Å². The zero-order valence-corrected chi connectivity index (χ0v) is 11.5. The van der Waals surface area contributed by atoms with Gasteiger partial charge >= 0.3 is 0 Å². The van der Waals surface area contributed by atoms with Crippen LogP contribution in [0.1, 0.15) is 36.9 Å². The van der Waals surface area contributed by atoms with E-state index in [2.05, 4.69) is 20.2 Å². The second kappa shape index (κ2) is 5.36. The molecule has 1 aromatic heterocycles. The fourth-order valence-corrected chi connectivity index (χ4v) is 3.11. The third-order valence-corrected chi connectivity index (χ3v) is 4.05. The lowest BCUT2D eigenvalue weighted by molar-refractivity contribution is 0.618. The van der Waals surface area contributed by atoms with Crippen LogP contribution >= 0.6 is 12.2 Å². The van der Waals surface area contributed by atoms with Crippen molar-refractivity contribution in [2.75, 3.05) is 24.5 Å². The summed E-state index contributed by atoms with van der Waals surface area (Å²) in [6, 6.07) is 0. The monoisotopic (exact) mass is 264 g/mol. The first kappa shape index (κ1) is 12.1. The van der Waals surface area contributed by atoms with E-state index in [-0.39, 0.29) is 0 Å². The minimum absolute atomic E-state index is 0.634. The molecule has 0 saturated carbocycles. The minimum atomic E-state index is 0.634. The lowest BCUT2D eigenvalue weighted by Gasteiger charge is -2.27. The highest BCUT2D eigenvalue weighted by Crippen LogP contribution is 2.25. The summed E-state index contributed by atoms with van der Waals surface area (Å²) in [5, 5.41) is 3.43. The second-order valence-corrected chi connectivity index (χ2v) is 5.54. The molecule has 0 aliphatic carbocycles. The molecule has 1 aromatic rings. The number of nitrogens with one attached hydrogen (secondary N) is 2. The molecule has 0 amide bonds. The van der Waals surface area contributed by atoms with Gasteiger partial charge in [-0.1, -0.05) is 12.8 Å². The molecule has 4 nitrogen and oxygen atoms in total. The van der Waals surface area contributed by atoms with Crippen molar-refractivity contribution in [1.82, 2.24) is 15.3 Å². The van der Waals surface area contributed by atoms with Crippen LogP contribution in [0.3, 0.4) is 0 Å². The minimum Gasteiger partial charge on any atom is -0.356 e. The number of anilines is 1. The molecule has 2 aliphatic heterocycles. The molecule has 0 radical (unpaired) electrons. The number of fused-ring (bicyclic) bond motifs is 1. The van der Waals surface area contributed by atoms with E-state index >= 15 is 0 Å². The number of hydrogen-bond donors (Lipinski definition) is 2. The van der Waals surface area contributed by atoms with E-state index in [1.54, 1.807) is 0 Å². The molecular weight excluding hydrogens is 244 g/mol. The summed E-state index contributed by atoms with van der Waals surface area (Å²) in [4.78, 5) is 10.3. The molecule has 5 heteroatoms. The maximum Gasteiger partial charge on any atom is 0.198 e. The van der Waals surface area contributed by atoms with Gasteiger partial charge < -0.3 is 15.2 Å². The average Bonchev–Trinajstić information content (AvgIpc) is 2.66. The van der Waals surface area contributed by atoms with Crippen molar-refractivity contribution in [2.45, 2.75) is 38.6 Å². The Morgan fingerprint density at radius 3 is 2.67 bits per heavy atom. The number of nitrogens with zero attached hydrogens (tertiary/aromatic N) is 2. The van der Waals surface area contributed by atoms with Crippen molar-refractivity contribution < 1.29 is 0 Å². The van der Waals surface area contributed by atoms with Crippen LogP contribution in [0.25, 0.3) is 0 Å². The highest BCUT2D eigenvalue weighted by Gasteiger charge is 2.20. The molecule has 2 aliphatic rings. The quantitative estimate of drug-likeness (QED) is 0.763. The second-order valence-electron chi connectivity index (χ2n) is 5.15. The molecule has 1 fully saturated rings. The topological polar surface area (TPSA) is 44.0 Å². The standard InChI is InChI=1S/C13H20N4S/c18-13-15-11-5-6-14-9-10(11)12(16-13)17-7-3-1-2-4-8-17/h14H,1-9H2,(H,15,16,18). The van der Waals surface area contributed by atoms with Crippen molar-refractivity contribution in [3.05, 3.63) is 16.0 Å². The zero-order chi connectivity index (χ0) is 12.4. The number of H-pyrrole nitrogens is 1. The Labute approximate surface area is 113 Å². The fraction of sp³-hybridized carbons (Fsp3) is 0.692. The fourth-order valence-electron chi connectivity index (χ4n) is 2.90. The number of hydrogen-bond acceptors (Lipinski definition) is 4. The van der Waals surface area contributed by atoms with Gasteiger partial charge in [0.2, 0.25) is 0 Å². The number of aromatic nitrogens is 2. The smallest absolute Gasteiger partial charge is 0.198 e. The maximum atomic E-state index is 5.27. The van der Waals surface area contributed by atoms with Crippen LogP contribution in [0.5, 0.6) is 0 Å². The molecule has 98 valence electrons. The van der Waals surface area contributed by atoms with Gasteiger partial charge in [-0.2, -0.15) is 0 Å². The molecule has 18 heavy (non-hydrogen) atoms. The van der Waals surface area contributed by atoms with Crippen LogP contribution < -0.4 is 10.2 Å². The summed E-state index contributed by atoms with van der Waals surface area (Å²) in [5.41, 5.74) is 2.62. The van der Waals surface area contributed by atoms with Crippen LogP contribution in [0, 0.1) is 4.77 Å². The Hall–Kier alpha value is -0.940. The molecule has 2 N–H and O–H groups in total. The first-order valence-electron chi connectivity index (χ1n) is 6.92. The van der Waals surface area contributed by atoms with Gasteiger partial charge in [-0.05, 0) is 25.1 Å². The molecular formula is C13H20N4S. The Balaban J connectivity index is 1.98. The molecule has 1 saturated heterocycles. The van der Waals surface area contributed by atoms with E-state index in [1.807, 2.05) is 0 Å². The summed E-state index contributed by atoms with van der Waals surface area (Å²) in [7, 11) is 0. The van der Waals surface area contributed by atoms with Crippen molar-refractivity contribution in [3.8, 4) is 0 Å². The van der Waals surface area contributed by atoms with Gasteiger partial charge in [0.05, 0.1) is 0 Å². The number of aromatic amines is 1. The predicted molar refractivity (Wildman–Crippen MR) is 75.5 cm³/mol. The molecule has 0 aromatic carbocycles. The third kappa shape index (κ3) is 2.42. The van der Waals surface area contributed by atoms with Gasteiger partial charge in [0.1, 0.15) is 5.82 Å². The van der Waals surface area contributed by atoms with E-state index in [4.69, 9.17) is 12.2 Å². The van der Waals surface area contributed by atoms with Gasteiger partial charge in [0.25, 0.3) is 0 Å². The normalized spacial score (nSPS) is 20.3.